The molecule has 0 amide bonds. The van der Waals surface area contributed by atoms with Crippen LogP contribution >= 0.6 is 11.6 Å². The summed E-state index contributed by atoms with van der Waals surface area (Å²) in [6.07, 6.45) is 2.83. The fourth-order valence-electron chi connectivity index (χ4n) is 3.78. The number of ether oxygens (including phenoxy) is 1. The van der Waals surface area contributed by atoms with Crippen molar-refractivity contribution in [2.75, 3.05) is 19.0 Å². The second-order valence-corrected chi connectivity index (χ2v) is 7.50. The molecule has 2 heterocycles. The van der Waals surface area contributed by atoms with E-state index < -0.39 is 17.8 Å². The van der Waals surface area contributed by atoms with Gasteiger partial charge in [-0.25, -0.2) is 14.4 Å². The van der Waals surface area contributed by atoms with E-state index in [0.717, 1.165) is 12.0 Å². The fourth-order valence-corrected chi connectivity index (χ4v) is 3.96. The Balaban J connectivity index is 1.74. The third-order valence-electron chi connectivity index (χ3n) is 5.26. The average Bonchev–Trinajstić information content (AvgIpc) is 3.20. The summed E-state index contributed by atoms with van der Waals surface area (Å²) in [6.45, 7) is 1.11. The summed E-state index contributed by atoms with van der Waals surface area (Å²) >= 11 is 5.88. The quantitative estimate of drug-likeness (QED) is 0.605. The van der Waals surface area contributed by atoms with E-state index in [9.17, 15) is 14.3 Å². The van der Waals surface area contributed by atoms with Gasteiger partial charge in [-0.05, 0) is 37.6 Å². The van der Waals surface area contributed by atoms with Crippen molar-refractivity contribution in [2.24, 2.45) is 0 Å². The molecule has 1 aliphatic rings. The van der Waals surface area contributed by atoms with Gasteiger partial charge in [-0.15, -0.1) is 0 Å². The summed E-state index contributed by atoms with van der Waals surface area (Å²) in [5.41, 5.74) is 1.62. The highest BCUT2D eigenvalue weighted by molar-refractivity contribution is 6.31. The Morgan fingerprint density at radius 2 is 2.23 bits per heavy atom. The van der Waals surface area contributed by atoms with Crippen LogP contribution in [-0.4, -0.2) is 45.6 Å². The molecule has 1 saturated heterocycles. The molecule has 1 aliphatic heterocycles. The van der Waals surface area contributed by atoms with Crippen LogP contribution in [0.3, 0.4) is 0 Å². The lowest BCUT2D eigenvalue weighted by atomic mass is 10.1. The number of hydrogen-bond donors (Lipinski definition) is 2. The summed E-state index contributed by atoms with van der Waals surface area (Å²) in [6, 6.07) is 7.80. The van der Waals surface area contributed by atoms with Gasteiger partial charge in [0, 0.05) is 23.6 Å². The van der Waals surface area contributed by atoms with Crippen molar-refractivity contribution in [1.82, 2.24) is 14.9 Å². The molecule has 0 spiro atoms. The van der Waals surface area contributed by atoms with Crippen molar-refractivity contribution in [3.05, 3.63) is 53.1 Å². The Hall–Kier alpha value is -2.97. The highest BCUT2D eigenvalue weighted by Gasteiger charge is 2.31. The van der Waals surface area contributed by atoms with Crippen LogP contribution in [0.2, 0.25) is 5.02 Å². The van der Waals surface area contributed by atoms with Gasteiger partial charge in [0.15, 0.2) is 5.82 Å². The zero-order valence-corrected chi connectivity index (χ0v) is 17.0. The largest absolute Gasteiger partial charge is 0.496 e. The van der Waals surface area contributed by atoms with Crippen molar-refractivity contribution in [3.8, 4) is 5.75 Å². The molecule has 0 aliphatic carbocycles. The van der Waals surface area contributed by atoms with E-state index in [4.69, 9.17) is 16.3 Å². The predicted molar refractivity (Wildman–Crippen MR) is 112 cm³/mol. The molecular weight excluding hydrogens is 411 g/mol. The number of fused-ring (bicyclic) bond motifs is 1. The third-order valence-corrected chi connectivity index (χ3v) is 5.56. The number of benzene rings is 2. The smallest absolute Gasteiger partial charge is 0.320 e. The summed E-state index contributed by atoms with van der Waals surface area (Å²) in [7, 11) is 1.56. The van der Waals surface area contributed by atoms with Gasteiger partial charge in [0.25, 0.3) is 0 Å². The maximum absolute atomic E-state index is 14.4. The Morgan fingerprint density at radius 1 is 1.40 bits per heavy atom. The molecule has 2 aromatic carbocycles. The molecule has 1 fully saturated rings. The van der Waals surface area contributed by atoms with Crippen molar-refractivity contribution in [2.45, 2.75) is 25.4 Å². The number of methoxy groups -OCH3 is 1. The minimum atomic E-state index is -0.825. The zero-order chi connectivity index (χ0) is 21.3. The fraction of sp³-hybridized carbons (Fsp3) is 0.286. The van der Waals surface area contributed by atoms with Crippen LogP contribution in [0.15, 0.2) is 36.7 Å². The molecular formula is C21H20ClFN4O3. The normalized spacial score (nSPS) is 16.7. The van der Waals surface area contributed by atoms with Crippen LogP contribution in [0, 0.1) is 5.82 Å². The van der Waals surface area contributed by atoms with E-state index in [1.165, 1.54) is 12.4 Å². The average molecular weight is 431 g/mol. The van der Waals surface area contributed by atoms with E-state index in [2.05, 4.69) is 15.3 Å². The first-order valence-corrected chi connectivity index (χ1v) is 9.85. The van der Waals surface area contributed by atoms with E-state index in [0.29, 0.717) is 42.0 Å². The van der Waals surface area contributed by atoms with Crippen molar-refractivity contribution in [1.29, 1.82) is 0 Å². The zero-order valence-electron chi connectivity index (χ0n) is 16.2. The Morgan fingerprint density at radius 3 is 3.00 bits per heavy atom. The van der Waals surface area contributed by atoms with Gasteiger partial charge in [-0.1, -0.05) is 17.7 Å². The SMILES string of the molecule is COc1cc2ncnc(Nc3cccc(Cl)c3F)c2cc1CN1CCC[C@@H]1C(=O)O. The molecule has 156 valence electrons. The highest BCUT2D eigenvalue weighted by atomic mass is 35.5. The monoisotopic (exact) mass is 430 g/mol. The van der Waals surface area contributed by atoms with Gasteiger partial charge in [0.05, 0.1) is 23.3 Å². The number of hydrogen-bond acceptors (Lipinski definition) is 6. The van der Waals surface area contributed by atoms with Crippen LogP contribution < -0.4 is 10.1 Å². The summed E-state index contributed by atoms with van der Waals surface area (Å²) < 4.78 is 19.9. The Labute approximate surface area is 177 Å². The standard InChI is InChI=1S/C21H20ClFN4O3/c1-30-18-9-16-13(8-12(18)10-27-7-3-6-17(27)21(28)29)20(25-11-24-16)26-15-5-2-4-14(22)19(15)23/h2,4-5,8-9,11,17H,3,6-7,10H2,1H3,(H,28,29)(H,24,25,26)/t17-/m1/s1. The summed E-state index contributed by atoms with van der Waals surface area (Å²) in [4.78, 5) is 22.0. The van der Waals surface area contributed by atoms with Crippen molar-refractivity contribution >= 4 is 40.0 Å². The van der Waals surface area contributed by atoms with Crippen LogP contribution in [0.4, 0.5) is 15.9 Å². The van der Waals surface area contributed by atoms with Crippen LogP contribution in [0.25, 0.3) is 10.9 Å². The van der Waals surface area contributed by atoms with Gasteiger partial charge in [0.1, 0.15) is 23.9 Å². The second kappa shape index (κ2) is 8.41. The van der Waals surface area contributed by atoms with E-state index >= 15 is 0 Å². The van der Waals surface area contributed by atoms with Crippen LogP contribution in [0.5, 0.6) is 5.75 Å². The van der Waals surface area contributed by atoms with E-state index in [1.54, 1.807) is 25.3 Å². The summed E-state index contributed by atoms with van der Waals surface area (Å²) in [5.74, 6) is -0.367. The molecule has 0 radical (unpaired) electrons. The number of nitrogens with one attached hydrogen (secondary N) is 1. The predicted octanol–water partition coefficient (Wildman–Crippen LogP) is 4.22. The lowest BCUT2D eigenvalue weighted by Crippen LogP contribution is -2.35. The number of carboxylic acids is 1. The van der Waals surface area contributed by atoms with Crippen LogP contribution in [0.1, 0.15) is 18.4 Å². The Bertz CT molecular complexity index is 1110. The third kappa shape index (κ3) is 3.88. The molecule has 0 unspecified atom stereocenters. The highest BCUT2D eigenvalue weighted by Crippen LogP contribution is 2.33. The number of carboxylic acid groups (broad SMARTS) is 1. The molecule has 0 bridgehead atoms. The van der Waals surface area contributed by atoms with Gasteiger partial charge in [-0.3, -0.25) is 9.69 Å². The van der Waals surface area contributed by atoms with Gasteiger partial charge in [0.2, 0.25) is 0 Å². The molecule has 9 heteroatoms. The molecule has 30 heavy (non-hydrogen) atoms. The molecule has 1 aromatic heterocycles. The van der Waals surface area contributed by atoms with Crippen molar-refractivity contribution < 1.29 is 19.0 Å². The number of nitrogens with zero attached hydrogens (tertiary/aromatic N) is 3. The second-order valence-electron chi connectivity index (χ2n) is 7.10. The minimum absolute atomic E-state index is 0.00876. The number of carbonyl (C=O) groups is 1. The van der Waals surface area contributed by atoms with E-state index in [-0.39, 0.29) is 10.7 Å². The molecule has 7 nitrogen and oxygen atoms in total. The van der Waals surface area contributed by atoms with Gasteiger partial charge in [-0.2, -0.15) is 0 Å². The first-order valence-electron chi connectivity index (χ1n) is 9.47. The first-order chi connectivity index (χ1) is 14.5. The van der Waals surface area contributed by atoms with Gasteiger partial charge >= 0.3 is 5.97 Å². The number of aromatic nitrogens is 2. The number of anilines is 2. The van der Waals surface area contributed by atoms with E-state index in [1.807, 2.05) is 11.0 Å². The topological polar surface area (TPSA) is 87.6 Å². The molecule has 2 N–H and O–H groups in total. The number of aliphatic carboxylic acids is 1. The molecule has 4 rings (SSSR count). The maximum atomic E-state index is 14.4. The molecule has 1 atom stereocenters. The molecule has 3 aromatic rings. The maximum Gasteiger partial charge on any atom is 0.320 e. The number of rotatable bonds is 6. The lowest BCUT2D eigenvalue weighted by molar-refractivity contribution is -0.142. The Kier molecular flexibility index (Phi) is 5.69. The number of halogens is 2. The lowest BCUT2D eigenvalue weighted by Gasteiger charge is -2.22. The van der Waals surface area contributed by atoms with Crippen LogP contribution in [-0.2, 0) is 11.3 Å². The van der Waals surface area contributed by atoms with Gasteiger partial charge < -0.3 is 15.2 Å². The number of likely N-dealkylation sites (tertiary alicyclic amines) is 1. The van der Waals surface area contributed by atoms with Crippen molar-refractivity contribution in [3.63, 3.8) is 0 Å². The minimum Gasteiger partial charge on any atom is -0.496 e. The first kappa shape index (κ1) is 20.3. The molecule has 0 saturated carbocycles. The summed E-state index contributed by atoms with van der Waals surface area (Å²) in [5, 5.41) is 13.1.